The highest BCUT2D eigenvalue weighted by atomic mass is 35.5. The number of nitrogens with one attached hydrogen (secondary N) is 2. The van der Waals surface area contributed by atoms with Crippen LogP contribution in [0, 0.1) is 32.1 Å². The Hall–Kier alpha value is -3.36. The van der Waals surface area contributed by atoms with Crippen molar-refractivity contribution in [1.82, 2.24) is 4.98 Å². The predicted octanol–water partition coefficient (Wildman–Crippen LogP) is 5.06. The Morgan fingerprint density at radius 1 is 1.13 bits per heavy atom. The lowest BCUT2D eigenvalue weighted by molar-refractivity contribution is -0.116. The van der Waals surface area contributed by atoms with E-state index in [1.165, 1.54) is 0 Å². The van der Waals surface area contributed by atoms with Crippen LogP contribution in [0.1, 0.15) is 34.4 Å². The first-order chi connectivity index (χ1) is 14.3. The van der Waals surface area contributed by atoms with Crippen molar-refractivity contribution in [3.05, 3.63) is 85.8 Å². The van der Waals surface area contributed by atoms with E-state index in [9.17, 15) is 14.9 Å². The quantitative estimate of drug-likeness (QED) is 0.605. The van der Waals surface area contributed by atoms with Gasteiger partial charge in [0, 0.05) is 22.8 Å². The Morgan fingerprint density at radius 2 is 1.87 bits per heavy atom. The average molecular weight is 420 g/mol. The molecule has 0 bridgehead atoms. The average Bonchev–Trinajstić information content (AvgIpc) is 2.69. The number of nitrogens with zero attached hydrogens (tertiary/aromatic N) is 1. The third-order valence-corrected chi connectivity index (χ3v) is 5.42. The third-order valence-electron chi connectivity index (χ3n) is 5.18. The minimum Gasteiger partial charge on any atom is -0.326 e. The van der Waals surface area contributed by atoms with Crippen molar-refractivity contribution in [3.63, 3.8) is 0 Å². The van der Waals surface area contributed by atoms with Crippen LogP contribution in [0.2, 0.25) is 5.02 Å². The fourth-order valence-electron chi connectivity index (χ4n) is 3.52. The Morgan fingerprint density at radius 3 is 2.53 bits per heavy atom. The van der Waals surface area contributed by atoms with Gasteiger partial charge in [-0.2, -0.15) is 5.26 Å². The molecule has 6 heteroatoms. The highest BCUT2D eigenvalue weighted by Gasteiger charge is 2.14. The highest BCUT2D eigenvalue weighted by Crippen LogP contribution is 2.27. The molecule has 0 aliphatic heterocycles. The minimum absolute atomic E-state index is 0.100. The van der Waals surface area contributed by atoms with E-state index in [1.54, 1.807) is 13.8 Å². The first-order valence-electron chi connectivity index (χ1n) is 9.59. The van der Waals surface area contributed by atoms with Gasteiger partial charge in [-0.15, -0.1) is 0 Å². The second kappa shape index (κ2) is 8.98. The van der Waals surface area contributed by atoms with E-state index in [0.717, 1.165) is 27.9 Å². The Kier molecular flexibility index (Phi) is 6.39. The second-order valence-electron chi connectivity index (χ2n) is 7.26. The predicted molar refractivity (Wildman–Crippen MR) is 120 cm³/mol. The van der Waals surface area contributed by atoms with Crippen molar-refractivity contribution in [3.8, 4) is 17.2 Å². The van der Waals surface area contributed by atoms with E-state index >= 15 is 0 Å². The van der Waals surface area contributed by atoms with Gasteiger partial charge in [-0.3, -0.25) is 9.59 Å². The summed E-state index contributed by atoms with van der Waals surface area (Å²) in [5.74, 6) is -0.128. The summed E-state index contributed by atoms with van der Waals surface area (Å²) in [4.78, 5) is 27.0. The number of nitriles is 1. The summed E-state index contributed by atoms with van der Waals surface area (Å²) < 4.78 is 0. The van der Waals surface area contributed by atoms with Gasteiger partial charge in [-0.05, 0) is 79.3 Å². The van der Waals surface area contributed by atoms with Crippen LogP contribution < -0.4 is 10.9 Å². The van der Waals surface area contributed by atoms with Gasteiger partial charge in [0.15, 0.2) is 0 Å². The van der Waals surface area contributed by atoms with Crippen LogP contribution in [0.4, 0.5) is 5.69 Å². The van der Waals surface area contributed by atoms with Gasteiger partial charge in [0.2, 0.25) is 5.91 Å². The number of anilines is 1. The van der Waals surface area contributed by atoms with Crippen molar-refractivity contribution in [2.75, 3.05) is 5.32 Å². The molecular weight excluding hydrogens is 398 g/mol. The lowest BCUT2D eigenvalue weighted by Crippen LogP contribution is -2.18. The number of amides is 1. The molecule has 3 rings (SSSR count). The fourth-order valence-corrected chi connectivity index (χ4v) is 3.71. The molecule has 0 unspecified atom stereocenters. The molecule has 0 aliphatic rings. The third kappa shape index (κ3) is 4.61. The maximum Gasteiger partial charge on any atom is 0.266 e. The highest BCUT2D eigenvalue weighted by molar-refractivity contribution is 6.30. The topological polar surface area (TPSA) is 85.8 Å². The molecule has 3 aromatic rings. The zero-order chi connectivity index (χ0) is 21.8. The first kappa shape index (κ1) is 21.4. The van der Waals surface area contributed by atoms with Crippen LogP contribution in [0.15, 0.2) is 47.3 Å². The molecule has 0 radical (unpaired) electrons. The molecule has 0 fully saturated rings. The Bertz CT molecular complexity index is 1220. The van der Waals surface area contributed by atoms with Crippen molar-refractivity contribution >= 4 is 23.2 Å². The van der Waals surface area contributed by atoms with Gasteiger partial charge < -0.3 is 10.3 Å². The van der Waals surface area contributed by atoms with E-state index in [-0.39, 0.29) is 17.9 Å². The number of carbonyl (C=O) groups is 1. The van der Waals surface area contributed by atoms with Crippen molar-refractivity contribution in [2.24, 2.45) is 0 Å². The molecule has 0 spiro atoms. The monoisotopic (exact) mass is 419 g/mol. The molecule has 0 saturated carbocycles. The van der Waals surface area contributed by atoms with Crippen molar-refractivity contribution in [2.45, 2.75) is 33.6 Å². The maximum atomic E-state index is 12.5. The summed E-state index contributed by atoms with van der Waals surface area (Å²) >= 11 is 6.08. The number of H-pyrrole nitrogens is 1. The smallest absolute Gasteiger partial charge is 0.266 e. The van der Waals surface area contributed by atoms with Gasteiger partial charge in [0.05, 0.1) is 0 Å². The molecule has 2 N–H and O–H groups in total. The van der Waals surface area contributed by atoms with Crippen molar-refractivity contribution < 1.29 is 4.79 Å². The van der Waals surface area contributed by atoms with Gasteiger partial charge in [0.25, 0.3) is 5.56 Å². The molecule has 5 nitrogen and oxygen atoms in total. The van der Waals surface area contributed by atoms with Crippen LogP contribution in [0.25, 0.3) is 11.1 Å². The molecule has 0 aliphatic carbocycles. The summed E-state index contributed by atoms with van der Waals surface area (Å²) in [7, 11) is 0. The fraction of sp³-hybridized carbons (Fsp3) is 0.208. The van der Waals surface area contributed by atoms with Gasteiger partial charge in [-0.1, -0.05) is 29.8 Å². The summed E-state index contributed by atoms with van der Waals surface area (Å²) in [6, 6.07) is 15.4. The number of pyridine rings is 1. The molecule has 0 atom stereocenters. The van der Waals surface area contributed by atoms with E-state index in [0.29, 0.717) is 22.7 Å². The first-order valence-corrected chi connectivity index (χ1v) is 9.97. The van der Waals surface area contributed by atoms with E-state index in [1.807, 2.05) is 55.5 Å². The van der Waals surface area contributed by atoms with Crippen LogP contribution >= 0.6 is 11.6 Å². The molecule has 30 heavy (non-hydrogen) atoms. The summed E-state index contributed by atoms with van der Waals surface area (Å²) in [5.41, 5.74) is 5.59. The zero-order valence-electron chi connectivity index (χ0n) is 17.1. The van der Waals surface area contributed by atoms with Crippen LogP contribution in [0.3, 0.4) is 0 Å². The number of hydrogen-bond acceptors (Lipinski definition) is 3. The number of carbonyl (C=O) groups excluding carboxylic acids is 1. The number of aromatic amines is 1. The maximum absolute atomic E-state index is 12.5. The molecule has 2 aromatic carbocycles. The number of rotatable bonds is 5. The number of aromatic nitrogens is 1. The lowest BCUT2D eigenvalue weighted by Gasteiger charge is -2.13. The number of hydrogen-bond donors (Lipinski definition) is 2. The van der Waals surface area contributed by atoms with Gasteiger partial charge in [0.1, 0.15) is 11.6 Å². The van der Waals surface area contributed by atoms with E-state index in [2.05, 4.69) is 10.3 Å². The molecule has 1 amide bonds. The van der Waals surface area contributed by atoms with E-state index < -0.39 is 5.56 Å². The number of halogens is 1. The van der Waals surface area contributed by atoms with Gasteiger partial charge >= 0.3 is 0 Å². The number of benzene rings is 2. The van der Waals surface area contributed by atoms with Crippen LogP contribution in [0.5, 0.6) is 0 Å². The molecule has 1 aromatic heterocycles. The second-order valence-corrected chi connectivity index (χ2v) is 7.69. The summed E-state index contributed by atoms with van der Waals surface area (Å²) in [6.07, 6.45) is 0.683. The largest absolute Gasteiger partial charge is 0.326 e. The minimum atomic E-state index is -0.392. The van der Waals surface area contributed by atoms with E-state index in [4.69, 9.17) is 11.6 Å². The molecule has 1 heterocycles. The van der Waals surface area contributed by atoms with Crippen LogP contribution in [-0.4, -0.2) is 10.9 Å². The summed E-state index contributed by atoms with van der Waals surface area (Å²) in [5, 5.41) is 12.8. The standard InChI is InChI=1S/C24H22ClN3O2/c1-14-11-18(17-5-4-6-19(25)12-17)7-9-22(14)28-23(29)10-8-20-15(2)21(13-26)24(30)27-16(20)3/h4-7,9,11-12H,8,10H2,1-3H3,(H,27,30)(H,28,29). The number of aryl methyl sites for hydroxylation is 2. The SMILES string of the molecule is Cc1cc(-c2cccc(Cl)c2)ccc1NC(=O)CCc1c(C)[nH]c(=O)c(C#N)c1C. The zero-order valence-corrected chi connectivity index (χ0v) is 17.9. The van der Waals surface area contributed by atoms with Crippen molar-refractivity contribution in [1.29, 1.82) is 5.26 Å². The normalized spacial score (nSPS) is 10.5. The summed E-state index contributed by atoms with van der Waals surface area (Å²) in [6.45, 7) is 5.47. The Balaban J connectivity index is 1.72. The molecule has 152 valence electrons. The van der Waals surface area contributed by atoms with Crippen LogP contribution in [-0.2, 0) is 11.2 Å². The molecular formula is C24H22ClN3O2. The lowest BCUT2D eigenvalue weighted by atomic mass is 9.99. The Labute approximate surface area is 180 Å². The van der Waals surface area contributed by atoms with Gasteiger partial charge in [-0.25, -0.2) is 0 Å². The molecule has 0 saturated heterocycles.